The fourth-order valence-electron chi connectivity index (χ4n) is 2.70. The molecule has 158 valence electrons. The van der Waals surface area contributed by atoms with Gasteiger partial charge in [-0.25, -0.2) is 0 Å². The molecule has 2 radical (unpaired) electrons. The molecule has 0 bridgehead atoms. The maximum atomic E-state index is 12.4. The molecule has 1 amide bonds. The van der Waals surface area contributed by atoms with Gasteiger partial charge in [0.2, 0.25) is 0 Å². The Hall–Kier alpha value is -1.39. The van der Waals surface area contributed by atoms with E-state index in [2.05, 4.69) is 5.32 Å². The van der Waals surface area contributed by atoms with Crippen molar-refractivity contribution in [1.29, 1.82) is 0 Å². The third-order valence-electron chi connectivity index (χ3n) is 4.04. The Morgan fingerprint density at radius 3 is 2.12 bits per heavy atom. The monoisotopic (exact) mass is 498 g/mol. The van der Waals surface area contributed by atoms with Crippen molar-refractivity contribution in [3.63, 3.8) is 0 Å². The molecule has 32 heavy (non-hydrogen) atoms. The summed E-state index contributed by atoms with van der Waals surface area (Å²) >= 11 is 0. The largest absolute Gasteiger partial charge is 0.322 e. The molecule has 11 nitrogen and oxygen atoms in total. The van der Waals surface area contributed by atoms with Crippen molar-refractivity contribution in [3.05, 3.63) is 70.3 Å². The van der Waals surface area contributed by atoms with Crippen LogP contribution in [0.1, 0.15) is 10.4 Å². The van der Waals surface area contributed by atoms with Gasteiger partial charge in [-0.05, 0) is 35.7 Å². The molecule has 3 aromatic carbocycles. The number of carbonyl (C=O) groups excluding carboxylic acids is 1. The number of nitro benzene ring substituents is 1. The normalized spacial score (nSPS) is 11.2. The zero-order valence-corrected chi connectivity index (χ0v) is 22.3. The Bertz CT molecular complexity index is 1430. The summed E-state index contributed by atoms with van der Waals surface area (Å²) in [5.74, 6) is -0.721. The summed E-state index contributed by atoms with van der Waals surface area (Å²) < 4.78 is 64.8. The van der Waals surface area contributed by atoms with Crippen LogP contribution in [0.5, 0.6) is 0 Å². The molecule has 0 atom stereocenters. The van der Waals surface area contributed by atoms with E-state index < -0.39 is 40.9 Å². The van der Waals surface area contributed by atoms with E-state index in [1.807, 2.05) is 0 Å². The topological polar surface area (TPSA) is 181 Å². The molecule has 3 rings (SSSR count). The quantitative estimate of drug-likeness (QED) is 0.204. The van der Waals surface area contributed by atoms with E-state index in [9.17, 15) is 40.8 Å². The molecule has 3 aromatic rings. The SMILES string of the molecule is O=C(Nc1ccc2cc(S(=O)(=O)O)cc(S(=O)(=O)O)c2c1)c1cccc([N+](=O)[O-])c1.[Na].[Na]. The summed E-state index contributed by atoms with van der Waals surface area (Å²) in [4.78, 5) is 21.0. The Labute approximate surface area is 226 Å². The number of fused-ring (bicyclic) bond motifs is 1. The number of hydrogen-bond acceptors (Lipinski definition) is 7. The molecule has 0 unspecified atom stereocenters. The van der Waals surface area contributed by atoms with Gasteiger partial charge in [-0.1, -0.05) is 12.1 Å². The van der Waals surface area contributed by atoms with Gasteiger partial charge in [0.15, 0.2) is 0 Å². The molecule has 0 aliphatic heterocycles. The Balaban J connectivity index is 0.00000256. The van der Waals surface area contributed by atoms with Gasteiger partial charge in [0.25, 0.3) is 31.8 Å². The summed E-state index contributed by atoms with van der Waals surface area (Å²) in [6.07, 6.45) is 0. The van der Waals surface area contributed by atoms with Gasteiger partial charge < -0.3 is 5.32 Å². The van der Waals surface area contributed by atoms with Crippen LogP contribution < -0.4 is 5.32 Å². The summed E-state index contributed by atoms with van der Waals surface area (Å²) in [6.45, 7) is 0. The molecule has 0 aliphatic carbocycles. The molecule has 0 saturated heterocycles. The van der Waals surface area contributed by atoms with Crippen molar-refractivity contribution in [2.75, 3.05) is 5.32 Å². The van der Waals surface area contributed by atoms with Gasteiger partial charge in [0, 0.05) is 87.9 Å². The predicted molar refractivity (Wildman–Crippen MR) is 116 cm³/mol. The van der Waals surface area contributed by atoms with E-state index >= 15 is 0 Å². The van der Waals surface area contributed by atoms with Crippen LogP contribution >= 0.6 is 0 Å². The number of nitrogens with one attached hydrogen (secondary N) is 1. The van der Waals surface area contributed by atoms with E-state index in [1.165, 1.54) is 36.4 Å². The van der Waals surface area contributed by atoms with E-state index in [4.69, 9.17) is 0 Å². The summed E-state index contributed by atoms with van der Waals surface area (Å²) in [5.41, 5.74) is -0.253. The molecular formula is C17H12N2Na2O9S2. The number of carbonyl (C=O) groups is 1. The van der Waals surface area contributed by atoms with Crippen LogP contribution in [0.15, 0.2) is 64.4 Å². The van der Waals surface area contributed by atoms with Crippen molar-refractivity contribution >= 4 is 107 Å². The fourth-order valence-corrected chi connectivity index (χ4v) is 4.05. The average Bonchev–Trinajstić information content (AvgIpc) is 2.65. The molecule has 0 saturated carbocycles. The van der Waals surface area contributed by atoms with Crippen molar-refractivity contribution in [2.24, 2.45) is 0 Å². The number of anilines is 1. The second-order valence-corrected chi connectivity index (χ2v) is 8.88. The minimum Gasteiger partial charge on any atom is -0.322 e. The summed E-state index contributed by atoms with van der Waals surface area (Å²) in [5, 5.41) is 13.2. The predicted octanol–water partition coefficient (Wildman–Crippen LogP) is 1.73. The number of nitrogens with zero attached hydrogens (tertiary/aromatic N) is 1. The van der Waals surface area contributed by atoms with Crippen molar-refractivity contribution in [3.8, 4) is 0 Å². The van der Waals surface area contributed by atoms with E-state index in [0.29, 0.717) is 6.07 Å². The van der Waals surface area contributed by atoms with Crippen molar-refractivity contribution < 1.29 is 35.7 Å². The van der Waals surface area contributed by atoms with Gasteiger partial charge in [-0.3, -0.25) is 24.0 Å². The molecule has 3 N–H and O–H groups in total. The number of nitro groups is 1. The van der Waals surface area contributed by atoms with Gasteiger partial charge in [0.1, 0.15) is 4.90 Å². The molecular weight excluding hydrogens is 486 g/mol. The maximum Gasteiger partial charge on any atom is 0.295 e. The molecule has 0 fully saturated rings. The Kier molecular flexibility index (Phi) is 9.57. The Morgan fingerprint density at radius 1 is 0.906 bits per heavy atom. The summed E-state index contributed by atoms with van der Waals surface area (Å²) in [6, 6.07) is 10.2. The number of hydrogen-bond donors (Lipinski definition) is 3. The van der Waals surface area contributed by atoms with Crippen LogP contribution in [0.2, 0.25) is 0 Å². The zero-order chi connectivity index (χ0) is 22.3. The first-order valence-electron chi connectivity index (χ1n) is 7.95. The fraction of sp³-hybridized carbons (Fsp3) is 0. The first-order chi connectivity index (χ1) is 13.9. The molecule has 15 heteroatoms. The third kappa shape index (κ3) is 6.57. The number of amides is 1. The van der Waals surface area contributed by atoms with Crippen LogP contribution in [0.3, 0.4) is 0 Å². The number of rotatable bonds is 5. The molecule has 0 aliphatic rings. The standard InChI is InChI=1S/C17H12N2O9S2.2Na/c20-17(11-2-1-3-13(6-11)19(21)22)18-12-5-4-10-7-14(29(23,24)25)9-16(15(10)8-12)30(26,27)28;;/h1-9H,(H,18,20)(H,23,24,25)(H,26,27,28);;. The smallest absolute Gasteiger partial charge is 0.295 e. The molecule has 0 spiro atoms. The Morgan fingerprint density at radius 2 is 1.56 bits per heavy atom. The van der Waals surface area contributed by atoms with E-state index in [-0.39, 0.29) is 86.8 Å². The minimum atomic E-state index is -4.89. The van der Waals surface area contributed by atoms with Crippen LogP contribution in [0.25, 0.3) is 10.8 Å². The number of non-ortho nitro benzene ring substituents is 1. The van der Waals surface area contributed by atoms with Crippen LogP contribution in [-0.2, 0) is 20.2 Å². The van der Waals surface area contributed by atoms with Crippen LogP contribution in [0, 0.1) is 10.1 Å². The molecule has 0 heterocycles. The van der Waals surface area contributed by atoms with E-state index in [1.54, 1.807) is 0 Å². The van der Waals surface area contributed by atoms with Crippen LogP contribution in [0.4, 0.5) is 11.4 Å². The zero-order valence-electron chi connectivity index (χ0n) is 16.7. The second-order valence-electron chi connectivity index (χ2n) is 6.07. The molecule has 0 aromatic heterocycles. The van der Waals surface area contributed by atoms with Gasteiger partial charge in [-0.15, -0.1) is 0 Å². The third-order valence-corrected chi connectivity index (χ3v) is 5.77. The van der Waals surface area contributed by atoms with Crippen molar-refractivity contribution in [1.82, 2.24) is 0 Å². The van der Waals surface area contributed by atoms with Crippen molar-refractivity contribution in [2.45, 2.75) is 9.79 Å². The van der Waals surface area contributed by atoms with E-state index in [0.717, 1.165) is 12.1 Å². The average molecular weight is 498 g/mol. The van der Waals surface area contributed by atoms with Crippen LogP contribution in [-0.4, -0.2) is 95.9 Å². The minimum absolute atomic E-state index is 0. The first-order valence-corrected chi connectivity index (χ1v) is 10.8. The maximum absolute atomic E-state index is 12.4. The van der Waals surface area contributed by atoms with Gasteiger partial charge in [0.05, 0.1) is 9.82 Å². The summed E-state index contributed by atoms with van der Waals surface area (Å²) in [7, 11) is -9.64. The second kappa shape index (κ2) is 10.7. The van der Waals surface area contributed by atoms with Gasteiger partial charge >= 0.3 is 0 Å². The van der Waals surface area contributed by atoms with Gasteiger partial charge in [-0.2, -0.15) is 16.8 Å². The first kappa shape index (κ1) is 28.6. The number of benzene rings is 3.